The number of anilines is 1. The molecule has 30 heavy (non-hydrogen) atoms. The molecule has 4 bridgehead atoms. The highest BCUT2D eigenvalue weighted by Crippen LogP contribution is 2.64. The molecule has 4 aliphatic rings. The molecule has 6 nitrogen and oxygen atoms in total. The van der Waals surface area contributed by atoms with E-state index in [9.17, 15) is 13.6 Å². The lowest BCUT2D eigenvalue weighted by atomic mass is 9.46. The topological polar surface area (TPSA) is 69.0 Å². The van der Waals surface area contributed by atoms with Crippen LogP contribution >= 0.6 is 23.2 Å². The van der Waals surface area contributed by atoms with Crippen LogP contribution in [-0.4, -0.2) is 27.3 Å². The van der Waals surface area contributed by atoms with Crippen LogP contribution in [0, 0.1) is 17.3 Å². The molecule has 0 aliphatic heterocycles. The first-order valence-electron chi connectivity index (χ1n) is 9.90. The highest BCUT2D eigenvalue weighted by molar-refractivity contribution is 6.32. The molecule has 2 aromatic rings. The van der Waals surface area contributed by atoms with E-state index < -0.39 is 12.0 Å². The number of nitrogens with one attached hydrogen (secondary N) is 1. The van der Waals surface area contributed by atoms with Crippen molar-refractivity contribution in [2.75, 3.05) is 5.32 Å². The van der Waals surface area contributed by atoms with Gasteiger partial charge in [0.2, 0.25) is 11.2 Å². The van der Waals surface area contributed by atoms with Crippen LogP contribution in [0.25, 0.3) is 0 Å². The van der Waals surface area contributed by atoms with E-state index in [0.29, 0.717) is 23.9 Å². The number of alkyl halides is 2. The van der Waals surface area contributed by atoms with Crippen LogP contribution in [0.3, 0.4) is 0 Å². The van der Waals surface area contributed by atoms with Crippen molar-refractivity contribution in [1.29, 1.82) is 0 Å². The summed E-state index contributed by atoms with van der Waals surface area (Å²) in [5.74, 6) is 0.711. The normalized spacial score (nSPS) is 31.9. The minimum atomic E-state index is -2.96. The Morgan fingerprint density at radius 3 is 2.57 bits per heavy atom. The molecule has 0 spiro atoms. The van der Waals surface area contributed by atoms with Gasteiger partial charge in [-0.05, 0) is 80.2 Å². The maximum atomic E-state index is 13.4. The van der Waals surface area contributed by atoms with Gasteiger partial charge in [-0.2, -0.15) is 8.78 Å². The van der Waals surface area contributed by atoms with E-state index in [2.05, 4.69) is 20.1 Å². The van der Waals surface area contributed by atoms with Crippen LogP contribution in [0.5, 0.6) is 5.75 Å². The van der Waals surface area contributed by atoms with Gasteiger partial charge in [-0.1, -0.05) is 11.6 Å². The van der Waals surface area contributed by atoms with Gasteiger partial charge in [0.05, 0.1) is 16.0 Å². The zero-order valence-electron chi connectivity index (χ0n) is 16.0. The minimum absolute atomic E-state index is 0.0207. The molecule has 4 atom stereocenters. The Bertz CT molecular complexity index is 985. The Hall–Kier alpha value is -1.93. The largest absolute Gasteiger partial charge is 0.433 e. The first-order valence-corrected chi connectivity index (χ1v) is 10.7. The van der Waals surface area contributed by atoms with Crippen LogP contribution in [0.2, 0.25) is 10.3 Å². The third-order valence-electron chi connectivity index (χ3n) is 6.87. The molecule has 2 unspecified atom stereocenters. The van der Waals surface area contributed by atoms with Gasteiger partial charge >= 0.3 is 6.61 Å². The quantitative estimate of drug-likeness (QED) is 0.677. The molecule has 1 aromatic heterocycles. The summed E-state index contributed by atoms with van der Waals surface area (Å²) in [6.45, 7) is -2.96. The minimum Gasteiger partial charge on any atom is -0.433 e. The number of benzene rings is 1. The molecule has 1 amide bonds. The van der Waals surface area contributed by atoms with Crippen molar-refractivity contribution in [3.63, 3.8) is 0 Å². The number of hydrogen-bond acceptors (Lipinski definition) is 4. The molecule has 160 valence electrons. The van der Waals surface area contributed by atoms with Crippen molar-refractivity contribution < 1.29 is 18.3 Å². The van der Waals surface area contributed by atoms with E-state index in [1.165, 1.54) is 18.2 Å². The van der Waals surface area contributed by atoms with Gasteiger partial charge in [0.1, 0.15) is 12.1 Å². The number of nitrogens with zero attached hydrogens (tertiary/aromatic N) is 3. The monoisotopic (exact) mass is 456 g/mol. The summed E-state index contributed by atoms with van der Waals surface area (Å²) in [6, 6.07) is 4.29. The van der Waals surface area contributed by atoms with Crippen molar-refractivity contribution in [1.82, 2.24) is 14.8 Å². The summed E-state index contributed by atoms with van der Waals surface area (Å²) < 4.78 is 31.1. The molecule has 4 aliphatic carbocycles. The zero-order valence-corrected chi connectivity index (χ0v) is 17.5. The maximum Gasteiger partial charge on any atom is 0.387 e. The molecule has 6 rings (SSSR count). The van der Waals surface area contributed by atoms with Crippen LogP contribution in [0.15, 0.2) is 24.5 Å². The lowest BCUT2D eigenvalue weighted by molar-refractivity contribution is -0.150. The smallest absolute Gasteiger partial charge is 0.387 e. The van der Waals surface area contributed by atoms with E-state index in [4.69, 9.17) is 23.2 Å². The van der Waals surface area contributed by atoms with E-state index in [0.717, 1.165) is 32.1 Å². The van der Waals surface area contributed by atoms with Gasteiger partial charge in [-0.3, -0.25) is 4.79 Å². The molecular weight excluding hydrogens is 437 g/mol. The summed E-state index contributed by atoms with van der Waals surface area (Å²) in [6.07, 6.45) is 7.10. The zero-order chi connectivity index (χ0) is 21.1. The molecule has 1 heterocycles. The molecule has 4 saturated carbocycles. The van der Waals surface area contributed by atoms with Gasteiger partial charge in [0, 0.05) is 5.69 Å². The predicted octanol–water partition coefficient (Wildman–Crippen LogP) is 5.12. The number of halogens is 4. The van der Waals surface area contributed by atoms with Crippen molar-refractivity contribution in [2.45, 2.75) is 50.7 Å². The second-order valence-electron chi connectivity index (χ2n) is 8.90. The van der Waals surface area contributed by atoms with E-state index in [1.807, 2.05) is 4.68 Å². The lowest BCUT2D eigenvalue weighted by Gasteiger charge is -2.60. The summed E-state index contributed by atoms with van der Waals surface area (Å²) in [5, 5.41) is 7.56. The fraction of sp³-hybridized carbons (Fsp3) is 0.550. The van der Waals surface area contributed by atoms with Gasteiger partial charge in [0.15, 0.2) is 0 Å². The van der Waals surface area contributed by atoms with Crippen molar-refractivity contribution in [3.8, 4) is 5.75 Å². The number of rotatable bonds is 5. The van der Waals surface area contributed by atoms with Gasteiger partial charge < -0.3 is 10.1 Å². The Balaban J connectivity index is 1.40. The van der Waals surface area contributed by atoms with Crippen LogP contribution in [-0.2, 0) is 10.3 Å². The molecule has 0 radical (unpaired) electrons. The average molecular weight is 457 g/mol. The third kappa shape index (κ3) is 3.34. The summed E-state index contributed by atoms with van der Waals surface area (Å²) in [5.41, 5.74) is -0.290. The van der Waals surface area contributed by atoms with E-state index in [-0.39, 0.29) is 27.5 Å². The lowest BCUT2D eigenvalue weighted by Crippen LogP contribution is -2.60. The van der Waals surface area contributed by atoms with E-state index >= 15 is 0 Å². The summed E-state index contributed by atoms with van der Waals surface area (Å²) in [4.78, 5) is 17.5. The number of carbonyl (C=O) groups excluding carboxylic acids is 1. The first-order chi connectivity index (χ1) is 14.3. The average Bonchev–Trinajstić information content (AvgIpc) is 3.10. The fourth-order valence-electron chi connectivity index (χ4n) is 6.25. The van der Waals surface area contributed by atoms with Gasteiger partial charge in [-0.25, -0.2) is 9.67 Å². The fourth-order valence-corrected chi connectivity index (χ4v) is 6.60. The molecule has 0 saturated heterocycles. The number of aromatic nitrogens is 3. The molecule has 1 N–H and O–H groups in total. The molecule has 10 heteroatoms. The number of amides is 1. The first kappa shape index (κ1) is 20.0. The number of hydrogen-bond donors (Lipinski definition) is 1. The SMILES string of the molecule is O=C(Nc1ccc(OC(F)F)c(Cl)c1)C12C[C@H]3C[C@@H](C1)CC(n1cnc(Cl)n1)(C3)C2. The van der Waals surface area contributed by atoms with E-state index in [1.54, 1.807) is 6.33 Å². The standard InChI is InChI=1S/C20H20Cl2F2N4O2/c21-14-4-13(1-2-15(14)30-18(23)24)26-16(29)19-5-11-3-12(6-19)8-20(7-11,9-19)28-10-25-17(22)27-28/h1-2,4,10-12,18H,3,5-9H2,(H,26,29)/t11-,12+,19?,20?. The molecule has 4 fully saturated rings. The number of carbonyl (C=O) groups is 1. The highest BCUT2D eigenvalue weighted by Gasteiger charge is 2.61. The van der Waals surface area contributed by atoms with Crippen LogP contribution in [0.4, 0.5) is 14.5 Å². The molecular formula is C20H20Cl2F2N4O2. The summed E-state index contributed by atoms with van der Waals surface area (Å²) in [7, 11) is 0. The van der Waals surface area contributed by atoms with Crippen LogP contribution in [0.1, 0.15) is 38.5 Å². The summed E-state index contributed by atoms with van der Waals surface area (Å²) >= 11 is 12.0. The van der Waals surface area contributed by atoms with Gasteiger partial charge in [-0.15, -0.1) is 5.10 Å². The van der Waals surface area contributed by atoms with Gasteiger partial charge in [0.25, 0.3) is 0 Å². The Morgan fingerprint density at radius 2 is 1.97 bits per heavy atom. The van der Waals surface area contributed by atoms with Crippen molar-refractivity contribution in [3.05, 3.63) is 34.8 Å². The Kier molecular flexibility index (Phi) is 4.70. The van der Waals surface area contributed by atoms with Crippen molar-refractivity contribution in [2.24, 2.45) is 17.3 Å². The predicted molar refractivity (Wildman–Crippen MR) is 107 cm³/mol. The van der Waals surface area contributed by atoms with Crippen molar-refractivity contribution >= 4 is 34.8 Å². The highest BCUT2D eigenvalue weighted by atomic mass is 35.5. The third-order valence-corrected chi connectivity index (χ3v) is 7.34. The second-order valence-corrected chi connectivity index (χ2v) is 9.65. The Labute approximate surface area is 181 Å². The Morgan fingerprint density at radius 1 is 1.23 bits per heavy atom. The van der Waals surface area contributed by atoms with Crippen LogP contribution < -0.4 is 10.1 Å². The second kappa shape index (κ2) is 7.05. The number of ether oxygens (including phenoxy) is 1. The molecule has 1 aromatic carbocycles. The maximum absolute atomic E-state index is 13.4.